The number of carbonyl (C=O) groups excluding carboxylic acids is 1. The van der Waals surface area contributed by atoms with Crippen LogP contribution < -0.4 is 5.32 Å². The maximum atomic E-state index is 12.0. The van der Waals surface area contributed by atoms with Gasteiger partial charge in [-0.15, -0.1) is 0 Å². The fourth-order valence-electron chi connectivity index (χ4n) is 1.60. The van der Waals surface area contributed by atoms with E-state index in [-0.39, 0.29) is 11.9 Å². The second kappa shape index (κ2) is 5.14. The van der Waals surface area contributed by atoms with Crippen molar-refractivity contribution in [2.24, 2.45) is 0 Å². The number of halogens is 1. The van der Waals surface area contributed by atoms with E-state index in [0.29, 0.717) is 10.6 Å². The van der Waals surface area contributed by atoms with Gasteiger partial charge in [0.1, 0.15) is 0 Å². The lowest BCUT2D eigenvalue weighted by atomic mass is 10.2. The number of nitrogens with one attached hydrogen (secondary N) is 1. The van der Waals surface area contributed by atoms with Crippen LogP contribution in [0.2, 0.25) is 5.02 Å². The summed E-state index contributed by atoms with van der Waals surface area (Å²) in [6.07, 6.45) is 0. The van der Waals surface area contributed by atoms with Gasteiger partial charge in [0.15, 0.2) is 0 Å². The summed E-state index contributed by atoms with van der Waals surface area (Å²) in [4.78, 5) is 20.3. The highest BCUT2D eigenvalue weighted by Crippen LogP contribution is 2.16. The molecule has 1 N–H and O–H groups in total. The smallest absolute Gasteiger partial charge is 0.259 e. The third kappa shape index (κ3) is 2.84. The Morgan fingerprint density at radius 2 is 1.78 bits per heavy atom. The largest absolute Gasteiger partial charge is 0.290 e. The maximum Gasteiger partial charge on any atom is 0.259 e. The van der Waals surface area contributed by atoms with E-state index in [1.54, 1.807) is 24.3 Å². The molecule has 0 fully saturated rings. The Morgan fingerprint density at radius 1 is 1.17 bits per heavy atom. The van der Waals surface area contributed by atoms with Gasteiger partial charge >= 0.3 is 0 Å². The number of benzene rings is 1. The summed E-state index contributed by atoms with van der Waals surface area (Å²) in [5.41, 5.74) is 2.01. The van der Waals surface area contributed by atoms with Crippen molar-refractivity contribution in [3.05, 3.63) is 52.3 Å². The Labute approximate surface area is 110 Å². The number of rotatable bonds is 2. The molecule has 0 aliphatic carbocycles. The Bertz CT molecular complexity index is 578. The second-order valence-corrected chi connectivity index (χ2v) is 4.32. The van der Waals surface area contributed by atoms with Crippen LogP contribution in [0.3, 0.4) is 0 Å². The minimum Gasteiger partial charge on any atom is -0.290 e. The molecule has 0 unspecified atom stereocenters. The first-order valence-electron chi connectivity index (χ1n) is 5.44. The van der Waals surface area contributed by atoms with Crippen molar-refractivity contribution in [3.63, 3.8) is 0 Å². The van der Waals surface area contributed by atoms with Gasteiger partial charge in [-0.05, 0) is 32.0 Å². The van der Waals surface area contributed by atoms with Crippen LogP contribution in [0.4, 0.5) is 5.95 Å². The molecule has 0 spiro atoms. The highest BCUT2D eigenvalue weighted by molar-refractivity contribution is 6.34. The van der Waals surface area contributed by atoms with Crippen molar-refractivity contribution in [2.45, 2.75) is 13.8 Å². The molecular formula is C13H12ClN3O. The fourth-order valence-corrected chi connectivity index (χ4v) is 1.82. The van der Waals surface area contributed by atoms with Crippen LogP contribution in [0.5, 0.6) is 0 Å². The third-order valence-corrected chi connectivity index (χ3v) is 2.66. The van der Waals surface area contributed by atoms with Crippen molar-refractivity contribution in [3.8, 4) is 0 Å². The molecule has 5 heteroatoms. The molecule has 18 heavy (non-hydrogen) atoms. The molecular weight excluding hydrogens is 250 g/mol. The predicted molar refractivity (Wildman–Crippen MR) is 70.9 cm³/mol. The van der Waals surface area contributed by atoms with E-state index in [9.17, 15) is 4.79 Å². The van der Waals surface area contributed by atoms with Crippen molar-refractivity contribution in [2.75, 3.05) is 5.32 Å². The van der Waals surface area contributed by atoms with Gasteiger partial charge in [0, 0.05) is 11.4 Å². The highest BCUT2D eigenvalue weighted by atomic mass is 35.5. The summed E-state index contributed by atoms with van der Waals surface area (Å²) in [5, 5.41) is 3.04. The molecule has 2 rings (SSSR count). The number of carbonyl (C=O) groups is 1. The van der Waals surface area contributed by atoms with Crippen LogP contribution in [0.15, 0.2) is 30.3 Å². The molecule has 0 aliphatic heterocycles. The number of hydrogen-bond donors (Lipinski definition) is 1. The number of anilines is 1. The molecule has 0 saturated heterocycles. The molecule has 1 aromatic heterocycles. The molecule has 92 valence electrons. The zero-order valence-corrected chi connectivity index (χ0v) is 10.8. The van der Waals surface area contributed by atoms with Crippen LogP contribution in [0.25, 0.3) is 0 Å². The van der Waals surface area contributed by atoms with Crippen molar-refractivity contribution >= 4 is 23.5 Å². The van der Waals surface area contributed by atoms with Crippen molar-refractivity contribution in [1.82, 2.24) is 9.97 Å². The van der Waals surface area contributed by atoms with Gasteiger partial charge in [-0.3, -0.25) is 10.1 Å². The zero-order valence-electron chi connectivity index (χ0n) is 10.1. The van der Waals surface area contributed by atoms with E-state index in [1.165, 1.54) is 0 Å². The first-order chi connectivity index (χ1) is 8.56. The second-order valence-electron chi connectivity index (χ2n) is 3.91. The summed E-state index contributed by atoms with van der Waals surface area (Å²) in [6, 6.07) is 8.68. The summed E-state index contributed by atoms with van der Waals surface area (Å²) >= 11 is 5.95. The standard InChI is InChI=1S/C13H12ClN3O/c1-8-7-9(2)16-13(15-8)17-12(18)10-5-3-4-6-11(10)14/h3-7H,1-2H3,(H,15,16,17,18). The summed E-state index contributed by atoms with van der Waals surface area (Å²) in [5.74, 6) is -0.0250. The number of hydrogen-bond acceptors (Lipinski definition) is 3. The molecule has 4 nitrogen and oxygen atoms in total. The third-order valence-electron chi connectivity index (χ3n) is 2.33. The molecule has 2 aromatic rings. The van der Waals surface area contributed by atoms with Crippen molar-refractivity contribution < 1.29 is 4.79 Å². The summed E-state index contributed by atoms with van der Waals surface area (Å²) < 4.78 is 0. The molecule has 0 radical (unpaired) electrons. The number of aromatic nitrogens is 2. The minimum atomic E-state index is -0.314. The lowest BCUT2D eigenvalue weighted by Gasteiger charge is -2.06. The minimum absolute atomic E-state index is 0.289. The predicted octanol–water partition coefficient (Wildman–Crippen LogP) is 3.00. The monoisotopic (exact) mass is 261 g/mol. The van der Waals surface area contributed by atoms with Crippen LogP contribution in [-0.4, -0.2) is 15.9 Å². The van der Waals surface area contributed by atoms with Gasteiger partial charge < -0.3 is 0 Å². The summed E-state index contributed by atoms with van der Waals surface area (Å²) in [6.45, 7) is 3.69. The normalized spacial score (nSPS) is 10.2. The Hall–Kier alpha value is -1.94. The Balaban J connectivity index is 2.24. The van der Waals surface area contributed by atoms with E-state index in [0.717, 1.165) is 11.4 Å². The summed E-state index contributed by atoms with van der Waals surface area (Å²) in [7, 11) is 0. The SMILES string of the molecule is Cc1cc(C)nc(NC(=O)c2ccccc2Cl)n1. The lowest BCUT2D eigenvalue weighted by molar-refractivity contribution is 0.102. The zero-order chi connectivity index (χ0) is 13.1. The lowest BCUT2D eigenvalue weighted by Crippen LogP contribution is -2.15. The van der Waals surface area contributed by atoms with Crippen LogP contribution in [0.1, 0.15) is 21.7 Å². The molecule has 1 heterocycles. The van der Waals surface area contributed by atoms with Crippen LogP contribution in [0, 0.1) is 13.8 Å². The van der Waals surface area contributed by atoms with E-state index in [4.69, 9.17) is 11.6 Å². The van der Waals surface area contributed by atoms with Crippen LogP contribution >= 0.6 is 11.6 Å². The van der Waals surface area contributed by atoms with E-state index in [2.05, 4.69) is 15.3 Å². The number of aryl methyl sites for hydroxylation is 2. The number of nitrogens with zero attached hydrogens (tertiary/aromatic N) is 2. The van der Waals surface area contributed by atoms with Gasteiger partial charge in [-0.25, -0.2) is 9.97 Å². The van der Waals surface area contributed by atoms with E-state index >= 15 is 0 Å². The fraction of sp³-hybridized carbons (Fsp3) is 0.154. The maximum absolute atomic E-state index is 12.0. The molecule has 0 saturated carbocycles. The average molecular weight is 262 g/mol. The van der Waals surface area contributed by atoms with Gasteiger partial charge in [-0.2, -0.15) is 0 Å². The van der Waals surface area contributed by atoms with Crippen molar-refractivity contribution in [1.29, 1.82) is 0 Å². The Morgan fingerprint density at radius 3 is 2.39 bits per heavy atom. The molecule has 1 aromatic carbocycles. The topological polar surface area (TPSA) is 54.9 Å². The van der Waals surface area contributed by atoms with Gasteiger partial charge in [0.2, 0.25) is 5.95 Å². The molecule has 1 amide bonds. The Kier molecular flexibility index (Phi) is 3.58. The number of amides is 1. The van der Waals surface area contributed by atoms with Crippen LogP contribution in [-0.2, 0) is 0 Å². The first-order valence-corrected chi connectivity index (χ1v) is 5.82. The first kappa shape index (κ1) is 12.5. The average Bonchev–Trinajstić information content (AvgIpc) is 2.27. The highest BCUT2D eigenvalue weighted by Gasteiger charge is 2.11. The quantitative estimate of drug-likeness (QED) is 0.904. The van der Waals surface area contributed by atoms with E-state index < -0.39 is 0 Å². The molecule has 0 atom stereocenters. The molecule has 0 bridgehead atoms. The van der Waals surface area contributed by atoms with Gasteiger partial charge in [0.05, 0.1) is 10.6 Å². The van der Waals surface area contributed by atoms with Gasteiger partial charge in [0.25, 0.3) is 5.91 Å². The van der Waals surface area contributed by atoms with Gasteiger partial charge in [-0.1, -0.05) is 23.7 Å². The van der Waals surface area contributed by atoms with E-state index in [1.807, 2.05) is 19.9 Å². The molecule has 0 aliphatic rings.